The van der Waals surface area contributed by atoms with E-state index in [1.807, 2.05) is 54.6 Å². The van der Waals surface area contributed by atoms with Crippen molar-refractivity contribution in [3.63, 3.8) is 0 Å². The lowest BCUT2D eigenvalue weighted by molar-refractivity contribution is -0.384. The van der Waals surface area contributed by atoms with Crippen LogP contribution in [0.2, 0.25) is 5.02 Å². The quantitative estimate of drug-likeness (QED) is 0.0511. The van der Waals surface area contributed by atoms with Gasteiger partial charge in [0.15, 0.2) is 0 Å². The average Bonchev–Trinajstić information content (AvgIpc) is 3.29. The summed E-state index contributed by atoms with van der Waals surface area (Å²) in [7, 11) is -4.43. The number of nitro benzene ring substituents is 1. The van der Waals surface area contributed by atoms with E-state index in [1.165, 1.54) is 35.3 Å². The molecule has 0 aromatic heterocycles. The number of amides is 1. The summed E-state index contributed by atoms with van der Waals surface area (Å²) in [5.41, 5.74) is 5.45. The number of allylic oxidation sites excluding steroid dienone is 1. The Morgan fingerprint density at radius 3 is 2.29 bits per heavy atom. The van der Waals surface area contributed by atoms with Gasteiger partial charge in [-0.05, 0) is 122 Å². The number of piperazine rings is 2. The fourth-order valence-corrected chi connectivity index (χ4v) is 11.6. The van der Waals surface area contributed by atoms with Gasteiger partial charge in [0.1, 0.15) is 5.69 Å². The molecule has 0 spiro atoms. The fraction of sp³-hybridized carbons (Fsp3) is 0.449. The highest BCUT2D eigenvalue weighted by Crippen LogP contribution is 2.44. The number of hydrogen-bond donors (Lipinski definition) is 3. The Kier molecular flexibility index (Phi) is 15.5. The summed E-state index contributed by atoms with van der Waals surface area (Å²) in [6, 6.07) is 28.9. The van der Waals surface area contributed by atoms with Crippen molar-refractivity contribution in [3.8, 4) is 0 Å². The number of nitro groups is 1. The molecule has 4 aromatic carbocycles. The maximum absolute atomic E-state index is 13.5. The minimum absolute atomic E-state index is 0.106. The zero-order chi connectivity index (χ0) is 45.4. The van der Waals surface area contributed by atoms with E-state index in [2.05, 4.69) is 54.0 Å². The first kappa shape index (κ1) is 47.0. The van der Waals surface area contributed by atoms with Crippen molar-refractivity contribution < 1.29 is 18.1 Å². The zero-order valence-electron chi connectivity index (χ0n) is 37.2. The maximum atomic E-state index is 13.5. The lowest BCUT2D eigenvalue weighted by Crippen LogP contribution is -2.49. The standard InChI is InChI=1S/C49H61ClN8O5S2/c1-49(36-56-26-21-51-22-27-56)20-18-45(37-8-12-40(50)13-9-37)39(33-49)34-55-28-30-57(31-29-55)42-14-10-38(11-15-42)48(59)53-65(62,63)44-16-17-46(47(32-44)58(60)61)52-41(19-25-54-23-5-24-54)35-64-43-6-3-2-4-7-43/h2-4,6-17,32,41,51-52H,5,18-31,33-36H2,1H3,(H,53,59). The molecule has 3 N–H and O–H groups in total. The molecule has 13 nitrogen and oxygen atoms in total. The van der Waals surface area contributed by atoms with Crippen LogP contribution in [0, 0.1) is 15.5 Å². The van der Waals surface area contributed by atoms with E-state index in [0.29, 0.717) is 5.75 Å². The highest BCUT2D eigenvalue weighted by atomic mass is 35.5. The van der Waals surface area contributed by atoms with Crippen LogP contribution in [-0.4, -0.2) is 131 Å². The number of nitrogens with zero attached hydrogens (tertiary/aromatic N) is 5. The van der Waals surface area contributed by atoms with Crippen molar-refractivity contribution in [1.29, 1.82) is 0 Å². The molecule has 4 aromatic rings. The van der Waals surface area contributed by atoms with Crippen molar-refractivity contribution in [3.05, 3.63) is 129 Å². The first-order valence-corrected chi connectivity index (χ1v) is 25.7. The average molecular weight is 942 g/mol. The van der Waals surface area contributed by atoms with E-state index in [-0.39, 0.29) is 33.3 Å². The molecule has 3 fully saturated rings. The molecule has 65 heavy (non-hydrogen) atoms. The number of hydrogen-bond acceptors (Lipinski definition) is 12. The highest BCUT2D eigenvalue weighted by Gasteiger charge is 2.35. The molecule has 346 valence electrons. The molecule has 3 heterocycles. The van der Waals surface area contributed by atoms with Crippen LogP contribution in [0.4, 0.5) is 17.1 Å². The Bertz CT molecular complexity index is 2410. The predicted molar refractivity (Wildman–Crippen MR) is 263 cm³/mol. The molecule has 3 saturated heterocycles. The lowest BCUT2D eigenvalue weighted by Gasteiger charge is -2.43. The normalized spacial score (nSPS) is 20.6. The van der Waals surface area contributed by atoms with E-state index in [4.69, 9.17) is 11.6 Å². The summed E-state index contributed by atoms with van der Waals surface area (Å²) in [5, 5.41) is 19.9. The number of likely N-dealkylation sites (tertiary alicyclic amines) is 1. The van der Waals surface area contributed by atoms with E-state index >= 15 is 0 Å². The molecule has 2 atom stereocenters. The molecule has 3 aliphatic heterocycles. The van der Waals surface area contributed by atoms with Crippen molar-refractivity contribution >= 4 is 61.9 Å². The summed E-state index contributed by atoms with van der Waals surface area (Å²) in [5.74, 6) is -0.140. The summed E-state index contributed by atoms with van der Waals surface area (Å²) >= 11 is 7.96. The van der Waals surface area contributed by atoms with Crippen LogP contribution < -0.4 is 20.3 Å². The first-order valence-electron chi connectivity index (χ1n) is 22.9. The number of benzene rings is 4. The van der Waals surface area contributed by atoms with Gasteiger partial charge >= 0.3 is 0 Å². The van der Waals surface area contributed by atoms with Crippen molar-refractivity contribution in [2.45, 2.75) is 54.9 Å². The maximum Gasteiger partial charge on any atom is 0.293 e. The van der Waals surface area contributed by atoms with Crippen molar-refractivity contribution in [2.75, 3.05) is 101 Å². The van der Waals surface area contributed by atoms with Crippen LogP contribution in [0.5, 0.6) is 0 Å². The Morgan fingerprint density at radius 1 is 0.892 bits per heavy atom. The Labute approximate surface area is 393 Å². The van der Waals surface area contributed by atoms with Gasteiger partial charge in [-0.1, -0.05) is 54.4 Å². The van der Waals surface area contributed by atoms with Gasteiger partial charge in [-0.15, -0.1) is 11.8 Å². The summed E-state index contributed by atoms with van der Waals surface area (Å²) < 4.78 is 29.2. The van der Waals surface area contributed by atoms with Gasteiger partial charge in [0.2, 0.25) is 0 Å². The molecule has 0 saturated carbocycles. The van der Waals surface area contributed by atoms with Crippen LogP contribution in [0.25, 0.3) is 5.57 Å². The van der Waals surface area contributed by atoms with Gasteiger partial charge in [0, 0.05) is 111 Å². The molecular weight excluding hydrogens is 880 g/mol. The second kappa shape index (κ2) is 21.4. The molecule has 4 aliphatic rings. The number of thioether (sulfide) groups is 1. The largest absolute Gasteiger partial charge is 0.376 e. The second-order valence-electron chi connectivity index (χ2n) is 18.2. The third kappa shape index (κ3) is 12.5. The molecule has 1 aliphatic carbocycles. The third-order valence-corrected chi connectivity index (χ3v) is 16.1. The number of nitrogens with one attached hydrogen (secondary N) is 3. The summed E-state index contributed by atoms with van der Waals surface area (Å²) in [6.45, 7) is 15.2. The first-order chi connectivity index (χ1) is 31.4. The van der Waals surface area contributed by atoms with Gasteiger partial charge in [-0.25, -0.2) is 13.1 Å². The van der Waals surface area contributed by atoms with Gasteiger partial charge in [0.05, 0.1) is 9.82 Å². The minimum Gasteiger partial charge on any atom is -0.376 e. The van der Waals surface area contributed by atoms with Crippen LogP contribution in [0.3, 0.4) is 0 Å². The van der Waals surface area contributed by atoms with Crippen molar-refractivity contribution in [2.24, 2.45) is 5.41 Å². The Hall–Kier alpha value is -4.48. The molecule has 0 radical (unpaired) electrons. The SMILES string of the molecule is CC1(CN2CCNCC2)CCC(c2ccc(Cl)cc2)=C(CN2CCN(c3ccc(C(=O)NS(=O)(=O)c4ccc(NC(CCN5CCC5)CSc5ccccc5)c([N+](=O)[O-])c4)cc3)CC2)C1. The van der Waals surface area contributed by atoms with E-state index in [0.717, 1.165) is 132 Å². The van der Waals surface area contributed by atoms with Gasteiger partial charge in [0.25, 0.3) is 21.6 Å². The van der Waals surface area contributed by atoms with Crippen LogP contribution in [0.1, 0.15) is 54.9 Å². The van der Waals surface area contributed by atoms with Crippen LogP contribution in [0.15, 0.2) is 112 Å². The topological polar surface area (TPSA) is 143 Å². The van der Waals surface area contributed by atoms with Gasteiger partial charge in [-0.3, -0.25) is 19.8 Å². The Balaban J connectivity index is 0.876. The van der Waals surface area contributed by atoms with E-state index in [1.54, 1.807) is 23.9 Å². The number of halogens is 1. The zero-order valence-corrected chi connectivity index (χ0v) is 39.6. The highest BCUT2D eigenvalue weighted by molar-refractivity contribution is 7.99. The Morgan fingerprint density at radius 2 is 1.62 bits per heavy atom. The molecule has 2 unspecified atom stereocenters. The number of sulfonamides is 1. The number of carbonyl (C=O) groups excluding carboxylic acids is 1. The van der Waals surface area contributed by atoms with Gasteiger partial charge < -0.3 is 25.3 Å². The van der Waals surface area contributed by atoms with E-state index in [9.17, 15) is 23.3 Å². The fourth-order valence-electron chi connectivity index (χ4n) is 9.53. The third-order valence-electron chi connectivity index (χ3n) is 13.3. The van der Waals surface area contributed by atoms with Crippen LogP contribution in [-0.2, 0) is 10.0 Å². The molecular formula is C49H61ClN8O5S2. The lowest BCUT2D eigenvalue weighted by atomic mass is 9.71. The monoisotopic (exact) mass is 940 g/mol. The summed E-state index contributed by atoms with van der Waals surface area (Å²) in [6.07, 6.45) is 5.23. The number of rotatable bonds is 18. The number of anilines is 2. The van der Waals surface area contributed by atoms with Crippen LogP contribution >= 0.6 is 23.4 Å². The van der Waals surface area contributed by atoms with Crippen molar-refractivity contribution in [1.82, 2.24) is 24.7 Å². The number of carbonyl (C=O) groups is 1. The van der Waals surface area contributed by atoms with E-state index < -0.39 is 20.9 Å². The molecule has 8 rings (SSSR count). The molecule has 0 bridgehead atoms. The molecule has 16 heteroatoms. The molecule has 1 amide bonds. The minimum atomic E-state index is -4.43. The van der Waals surface area contributed by atoms with Gasteiger partial charge in [-0.2, -0.15) is 0 Å². The summed E-state index contributed by atoms with van der Waals surface area (Å²) in [4.78, 5) is 35.6. The smallest absolute Gasteiger partial charge is 0.293 e. The predicted octanol–water partition coefficient (Wildman–Crippen LogP) is 7.71. The second-order valence-corrected chi connectivity index (χ2v) is 21.4.